The number of rotatable bonds is 5. The maximum absolute atomic E-state index is 14.0. The van der Waals surface area contributed by atoms with Gasteiger partial charge in [0.25, 0.3) is 0 Å². The highest BCUT2D eigenvalue weighted by atomic mass is 79.9. The molecule has 21 heavy (non-hydrogen) atoms. The average Bonchev–Trinajstić information content (AvgIpc) is 2.46. The van der Waals surface area contributed by atoms with Gasteiger partial charge in [-0.25, -0.2) is 4.39 Å². The molecule has 0 fully saturated rings. The lowest BCUT2D eigenvalue weighted by atomic mass is 10.2. The normalized spacial score (nSPS) is 10.5. The molecule has 0 unspecified atom stereocenters. The van der Waals surface area contributed by atoms with Gasteiger partial charge in [0.1, 0.15) is 11.5 Å². The van der Waals surface area contributed by atoms with Crippen LogP contribution in [0.15, 0.2) is 39.3 Å². The number of ether oxygens (including phenoxy) is 2. The van der Waals surface area contributed by atoms with Crippen molar-refractivity contribution in [2.24, 2.45) is 0 Å². The first-order valence-electron chi connectivity index (χ1n) is 6.19. The highest BCUT2D eigenvalue weighted by Gasteiger charge is 2.14. The Bertz CT molecular complexity index is 650. The quantitative estimate of drug-likeness (QED) is 0.751. The summed E-state index contributed by atoms with van der Waals surface area (Å²) in [6, 6.07) is 8.35. The van der Waals surface area contributed by atoms with Crippen LogP contribution in [0.3, 0.4) is 0 Å². The Morgan fingerprint density at radius 1 is 1.14 bits per heavy atom. The average molecular weight is 419 g/mol. The second kappa shape index (κ2) is 7.24. The number of methoxy groups -OCH3 is 1. The molecule has 2 aromatic carbocycles. The predicted molar refractivity (Wildman–Crippen MR) is 87.6 cm³/mol. The third-order valence-electron chi connectivity index (χ3n) is 2.83. The van der Waals surface area contributed by atoms with E-state index in [1.165, 1.54) is 6.07 Å². The van der Waals surface area contributed by atoms with E-state index in [0.29, 0.717) is 22.5 Å². The van der Waals surface area contributed by atoms with Crippen molar-refractivity contribution in [3.8, 4) is 17.2 Å². The first kappa shape index (κ1) is 16.3. The molecule has 0 aliphatic rings. The maximum Gasteiger partial charge on any atom is 0.167 e. The summed E-state index contributed by atoms with van der Waals surface area (Å²) in [7, 11) is 3.38. The first-order valence-corrected chi connectivity index (χ1v) is 7.78. The molecule has 2 aromatic rings. The monoisotopic (exact) mass is 417 g/mol. The Balaban J connectivity index is 2.41. The van der Waals surface area contributed by atoms with Gasteiger partial charge in [0.15, 0.2) is 11.6 Å². The molecule has 0 aliphatic carbocycles. The van der Waals surface area contributed by atoms with E-state index < -0.39 is 5.82 Å². The Hall–Kier alpha value is -1.11. The highest BCUT2D eigenvalue weighted by molar-refractivity contribution is 9.11. The summed E-state index contributed by atoms with van der Waals surface area (Å²) in [4.78, 5) is 0. The summed E-state index contributed by atoms with van der Waals surface area (Å²) in [6.45, 7) is 0.516. The van der Waals surface area contributed by atoms with Crippen molar-refractivity contribution in [1.29, 1.82) is 0 Å². The van der Waals surface area contributed by atoms with Gasteiger partial charge in [0.2, 0.25) is 0 Å². The molecule has 0 amide bonds. The minimum Gasteiger partial charge on any atom is -0.496 e. The zero-order valence-corrected chi connectivity index (χ0v) is 14.7. The van der Waals surface area contributed by atoms with Gasteiger partial charge in [-0.3, -0.25) is 0 Å². The van der Waals surface area contributed by atoms with Crippen molar-refractivity contribution in [3.05, 3.63) is 50.7 Å². The second-order valence-electron chi connectivity index (χ2n) is 4.28. The van der Waals surface area contributed by atoms with Crippen LogP contribution in [0.4, 0.5) is 4.39 Å². The van der Waals surface area contributed by atoms with Gasteiger partial charge in [-0.2, -0.15) is 0 Å². The molecule has 0 heterocycles. The van der Waals surface area contributed by atoms with Gasteiger partial charge < -0.3 is 14.8 Å². The molecule has 0 aliphatic heterocycles. The second-order valence-corrected chi connectivity index (χ2v) is 5.99. The summed E-state index contributed by atoms with van der Waals surface area (Å²) in [5.74, 6) is 0.981. The van der Waals surface area contributed by atoms with E-state index in [-0.39, 0.29) is 5.75 Å². The van der Waals surface area contributed by atoms with Crippen molar-refractivity contribution < 1.29 is 13.9 Å². The fourth-order valence-electron chi connectivity index (χ4n) is 1.85. The predicted octanol–water partition coefficient (Wildman–Crippen LogP) is 4.87. The van der Waals surface area contributed by atoms with Gasteiger partial charge in [-0.05, 0) is 57.1 Å². The number of hydrogen-bond donors (Lipinski definition) is 1. The van der Waals surface area contributed by atoms with Crippen LogP contribution in [0.1, 0.15) is 5.56 Å². The van der Waals surface area contributed by atoms with Crippen LogP contribution >= 0.6 is 31.9 Å². The summed E-state index contributed by atoms with van der Waals surface area (Å²) in [5, 5.41) is 2.99. The molecule has 0 atom stereocenters. The molecule has 0 saturated carbocycles. The molecule has 3 nitrogen and oxygen atoms in total. The lowest BCUT2D eigenvalue weighted by Crippen LogP contribution is -2.07. The van der Waals surface area contributed by atoms with Crippen molar-refractivity contribution in [3.63, 3.8) is 0 Å². The number of hydrogen-bond acceptors (Lipinski definition) is 3. The topological polar surface area (TPSA) is 30.5 Å². The van der Waals surface area contributed by atoms with E-state index in [1.807, 2.05) is 6.07 Å². The SMILES string of the molecule is CNCc1cccc(F)c1Oc1cc(Br)c(OC)cc1Br. The lowest BCUT2D eigenvalue weighted by Gasteiger charge is -2.14. The van der Waals surface area contributed by atoms with Crippen LogP contribution in [0.25, 0.3) is 0 Å². The largest absolute Gasteiger partial charge is 0.496 e. The van der Waals surface area contributed by atoms with E-state index >= 15 is 0 Å². The molecular formula is C15H14Br2FNO2. The van der Waals surface area contributed by atoms with Crippen LogP contribution in [-0.4, -0.2) is 14.2 Å². The molecular weight excluding hydrogens is 405 g/mol. The molecule has 0 bridgehead atoms. The van der Waals surface area contributed by atoms with Crippen LogP contribution in [0.5, 0.6) is 17.2 Å². The molecule has 0 radical (unpaired) electrons. The fraction of sp³-hybridized carbons (Fsp3) is 0.200. The van der Waals surface area contributed by atoms with Crippen LogP contribution in [-0.2, 0) is 6.54 Å². The number of nitrogens with one attached hydrogen (secondary N) is 1. The molecule has 112 valence electrons. The van der Waals surface area contributed by atoms with Gasteiger partial charge in [0, 0.05) is 12.1 Å². The molecule has 2 rings (SSSR count). The van der Waals surface area contributed by atoms with Gasteiger partial charge in [-0.15, -0.1) is 0 Å². The summed E-state index contributed by atoms with van der Waals surface area (Å²) in [5.41, 5.74) is 0.747. The zero-order chi connectivity index (χ0) is 15.4. The van der Waals surface area contributed by atoms with Gasteiger partial charge in [-0.1, -0.05) is 12.1 Å². The number of benzene rings is 2. The van der Waals surface area contributed by atoms with Gasteiger partial charge >= 0.3 is 0 Å². The Kier molecular flexibility index (Phi) is 5.61. The van der Waals surface area contributed by atoms with E-state index in [4.69, 9.17) is 9.47 Å². The van der Waals surface area contributed by atoms with Crippen molar-refractivity contribution >= 4 is 31.9 Å². The van der Waals surface area contributed by atoms with Crippen molar-refractivity contribution in [1.82, 2.24) is 5.32 Å². The van der Waals surface area contributed by atoms with Crippen molar-refractivity contribution in [2.45, 2.75) is 6.54 Å². The Labute approximate surface area is 139 Å². The van der Waals surface area contributed by atoms with Crippen LogP contribution in [0, 0.1) is 5.82 Å². The van der Waals surface area contributed by atoms with E-state index in [1.54, 1.807) is 32.4 Å². The van der Waals surface area contributed by atoms with E-state index in [0.717, 1.165) is 10.0 Å². The highest BCUT2D eigenvalue weighted by Crippen LogP contribution is 2.39. The van der Waals surface area contributed by atoms with Crippen LogP contribution in [0.2, 0.25) is 0 Å². The molecule has 1 N–H and O–H groups in total. The Morgan fingerprint density at radius 2 is 1.81 bits per heavy atom. The summed E-state index contributed by atoms with van der Waals surface area (Å²) < 4.78 is 26.4. The van der Waals surface area contributed by atoms with E-state index in [9.17, 15) is 4.39 Å². The fourth-order valence-corrected chi connectivity index (χ4v) is 2.74. The maximum atomic E-state index is 14.0. The number of para-hydroxylation sites is 1. The van der Waals surface area contributed by atoms with Crippen LogP contribution < -0.4 is 14.8 Å². The minimum absolute atomic E-state index is 0.213. The molecule has 0 aromatic heterocycles. The standard InChI is InChI=1S/C15H14Br2FNO2/c1-19-8-9-4-3-5-12(18)15(9)21-14-7-10(16)13(20-2)6-11(14)17/h3-7,19H,8H2,1-2H3. The third kappa shape index (κ3) is 3.75. The molecule has 0 saturated heterocycles. The summed E-state index contributed by atoms with van der Waals surface area (Å²) >= 11 is 6.79. The molecule has 0 spiro atoms. The lowest BCUT2D eigenvalue weighted by molar-refractivity contribution is 0.406. The Morgan fingerprint density at radius 3 is 2.48 bits per heavy atom. The minimum atomic E-state index is -0.401. The number of halogens is 3. The van der Waals surface area contributed by atoms with E-state index in [2.05, 4.69) is 37.2 Å². The first-order chi connectivity index (χ1) is 10.1. The smallest absolute Gasteiger partial charge is 0.167 e. The third-order valence-corrected chi connectivity index (χ3v) is 4.07. The van der Waals surface area contributed by atoms with Crippen molar-refractivity contribution in [2.75, 3.05) is 14.2 Å². The van der Waals surface area contributed by atoms with Gasteiger partial charge in [0.05, 0.1) is 16.1 Å². The molecule has 6 heteroatoms. The zero-order valence-electron chi connectivity index (χ0n) is 11.5. The summed E-state index contributed by atoms with van der Waals surface area (Å²) in [6.07, 6.45) is 0.